The Bertz CT molecular complexity index is 347. The summed E-state index contributed by atoms with van der Waals surface area (Å²) in [4.78, 5) is 12.0. The van der Waals surface area contributed by atoms with Gasteiger partial charge in [0.05, 0.1) is 12.2 Å². The fraction of sp³-hybridized carbons (Fsp3) is 0.824. The third-order valence-electron chi connectivity index (χ3n) is 4.33. The number of carbonyl (C=O) groups excluding carboxylic acids is 1. The third-order valence-corrected chi connectivity index (χ3v) is 4.33. The molecule has 0 amide bonds. The van der Waals surface area contributed by atoms with E-state index in [1.807, 2.05) is 6.92 Å². The Hall–Kier alpha value is -0.870. The number of carbonyl (C=O) groups is 1. The van der Waals surface area contributed by atoms with E-state index in [-0.39, 0.29) is 12.2 Å². The predicted octanol–water partition coefficient (Wildman–Crippen LogP) is 4.09. The van der Waals surface area contributed by atoms with E-state index in [9.17, 15) is 4.79 Å². The normalized spacial score (nSPS) is 20.9. The van der Waals surface area contributed by atoms with E-state index >= 15 is 0 Å². The Kier molecular flexibility index (Phi) is 5.82. The van der Waals surface area contributed by atoms with Gasteiger partial charge >= 0.3 is 11.9 Å². The van der Waals surface area contributed by atoms with Gasteiger partial charge in [-0.1, -0.05) is 39.2 Å². The molecule has 0 saturated heterocycles. The van der Waals surface area contributed by atoms with Crippen molar-refractivity contribution in [2.24, 2.45) is 0 Å². The smallest absolute Gasteiger partial charge is 0.337 e. The third kappa shape index (κ3) is 4.55. The van der Waals surface area contributed by atoms with Crippen molar-refractivity contribution < 1.29 is 19.0 Å². The van der Waals surface area contributed by atoms with Gasteiger partial charge in [-0.25, -0.2) is 4.79 Å². The first-order valence-electron chi connectivity index (χ1n) is 8.29. The van der Waals surface area contributed by atoms with E-state index in [2.05, 4.69) is 6.58 Å². The van der Waals surface area contributed by atoms with Crippen molar-refractivity contribution in [2.75, 3.05) is 0 Å². The molecule has 0 heterocycles. The number of hydrogen-bond acceptors (Lipinski definition) is 4. The lowest BCUT2D eigenvalue weighted by molar-refractivity contribution is -0.388. The maximum Gasteiger partial charge on any atom is 0.337 e. The fourth-order valence-corrected chi connectivity index (χ4v) is 3.06. The van der Waals surface area contributed by atoms with Gasteiger partial charge < -0.3 is 14.2 Å². The second kappa shape index (κ2) is 7.41. The lowest BCUT2D eigenvalue weighted by Gasteiger charge is -2.36. The standard InChI is InChI=1S/C17H28O4/c1-4-17(21-16(18)13(2)3,19-14-9-5-6-10-14)20-15-11-7-8-12-15/h14-15H,2,4-12H2,1,3H3. The number of hydrogen-bond donors (Lipinski definition) is 0. The zero-order valence-corrected chi connectivity index (χ0v) is 13.4. The van der Waals surface area contributed by atoms with Gasteiger partial charge in [-0.15, -0.1) is 0 Å². The van der Waals surface area contributed by atoms with Crippen molar-refractivity contribution in [1.29, 1.82) is 0 Å². The first-order valence-corrected chi connectivity index (χ1v) is 8.29. The summed E-state index contributed by atoms with van der Waals surface area (Å²) in [6.45, 7) is 7.24. The average molecular weight is 296 g/mol. The van der Waals surface area contributed by atoms with Gasteiger partial charge in [-0.05, 0) is 32.6 Å². The molecule has 0 spiro atoms. The summed E-state index contributed by atoms with van der Waals surface area (Å²) in [5.74, 6) is -1.67. The summed E-state index contributed by atoms with van der Waals surface area (Å²) in [6.07, 6.45) is 9.49. The van der Waals surface area contributed by atoms with Gasteiger partial charge in [0.25, 0.3) is 0 Å². The van der Waals surface area contributed by atoms with Crippen LogP contribution in [0, 0.1) is 0 Å². The Labute approximate surface area is 127 Å². The molecule has 120 valence electrons. The lowest BCUT2D eigenvalue weighted by Crippen LogP contribution is -2.45. The maximum atomic E-state index is 12.0. The monoisotopic (exact) mass is 296 g/mol. The highest BCUT2D eigenvalue weighted by Gasteiger charge is 2.41. The van der Waals surface area contributed by atoms with Crippen LogP contribution in [-0.2, 0) is 19.0 Å². The molecule has 0 N–H and O–H groups in total. The van der Waals surface area contributed by atoms with E-state index in [0.29, 0.717) is 12.0 Å². The second-order valence-electron chi connectivity index (χ2n) is 6.26. The van der Waals surface area contributed by atoms with Crippen LogP contribution < -0.4 is 0 Å². The van der Waals surface area contributed by atoms with Crippen molar-refractivity contribution in [3.05, 3.63) is 12.2 Å². The van der Waals surface area contributed by atoms with Crippen LogP contribution in [0.3, 0.4) is 0 Å². The summed E-state index contributed by atoms with van der Waals surface area (Å²) in [5.41, 5.74) is 0.373. The van der Waals surface area contributed by atoms with Crippen molar-refractivity contribution in [3.63, 3.8) is 0 Å². The first kappa shape index (κ1) is 16.5. The molecule has 0 aromatic heterocycles. The number of esters is 1. The van der Waals surface area contributed by atoms with E-state index in [4.69, 9.17) is 14.2 Å². The van der Waals surface area contributed by atoms with Crippen molar-refractivity contribution in [1.82, 2.24) is 0 Å². The summed E-state index contributed by atoms with van der Waals surface area (Å²) in [5, 5.41) is 0. The molecule has 0 aromatic rings. The van der Waals surface area contributed by atoms with Crippen LogP contribution >= 0.6 is 0 Å². The van der Waals surface area contributed by atoms with E-state index < -0.39 is 11.9 Å². The zero-order chi connectivity index (χ0) is 15.3. The van der Waals surface area contributed by atoms with Crippen molar-refractivity contribution in [3.8, 4) is 0 Å². The van der Waals surface area contributed by atoms with Crippen LogP contribution in [0.4, 0.5) is 0 Å². The number of ether oxygens (including phenoxy) is 3. The highest BCUT2D eigenvalue weighted by Crippen LogP contribution is 2.34. The largest absolute Gasteiger partial charge is 0.404 e. The first-order chi connectivity index (χ1) is 10.0. The molecule has 0 atom stereocenters. The Morgan fingerprint density at radius 1 is 1.05 bits per heavy atom. The van der Waals surface area contributed by atoms with Gasteiger partial charge in [0, 0.05) is 12.0 Å². The van der Waals surface area contributed by atoms with Crippen LogP contribution in [0.5, 0.6) is 0 Å². The average Bonchev–Trinajstić information content (AvgIpc) is 3.12. The molecule has 2 rings (SSSR count). The minimum atomic E-state index is -1.24. The Morgan fingerprint density at radius 3 is 1.81 bits per heavy atom. The van der Waals surface area contributed by atoms with Gasteiger partial charge in [-0.2, -0.15) is 0 Å². The van der Waals surface area contributed by atoms with Gasteiger partial charge in [0.2, 0.25) is 0 Å². The van der Waals surface area contributed by atoms with Gasteiger partial charge in [-0.3, -0.25) is 0 Å². The quantitative estimate of drug-likeness (QED) is 0.403. The summed E-state index contributed by atoms with van der Waals surface area (Å²) in [7, 11) is 0. The minimum Gasteiger partial charge on any atom is -0.404 e. The highest BCUT2D eigenvalue weighted by molar-refractivity contribution is 5.87. The van der Waals surface area contributed by atoms with E-state index in [1.54, 1.807) is 6.92 Å². The Balaban J connectivity index is 2.07. The van der Waals surface area contributed by atoms with Crippen LogP contribution in [0.2, 0.25) is 0 Å². The molecule has 4 nitrogen and oxygen atoms in total. The van der Waals surface area contributed by atoms with Crippen LogP contribution in [0.1, 0.15) is 71.6 Å². The lowest BCUT2D eigenvalue weighted by atomic mass is 10.2. The predicted molar refractivity (Wildman–Crippen MR) is 80.6 cm³/mol. The molecular formula is C17H28O4. The summed E-state index contributed by atoms with van der Waals surface area (Å²) >= 11 is 0. The second-order valence-corrected chi connectivity index (χ2v) is 6.26. The topological polar surface area (TPSA) is 44.8 Å². The van der Waals surface area contributed by atoms with Gasteiger partial charge in [0.15, 0.2) is 0 Å². The molecule has 0 aromatic carbocycles. The Morgan fingerprint density at radius 2 is 1.48 bits per heavy atom. The molecule has 2 aliphatic carbocycles. The molecule has 0 bridgehead atoms. The van der Waals surface area contributed by atoms with Crippen LogP contribution in [0.15, 0.2) is 12.2 Å². The maximum absolute atomic E-state index is 12.0. The minimum absolute atomic E-state index is 0.129. The summed E-state index contributed by atoms with van der Waals surface area (Å²) < 4.78 is 17.8. The number of rotatable bonds is 7. The SMILES string of the molecule is C=C(C)C(=O)OC(CC)(OC1CCCC1)OC1CCCC1. The van der Waals surface area contributed by atoms with Gasteiger partial charge in [0.1, 0.15) is 0 Å². The molecule has 0 unspecified atom stereocenters. The fourth-order valence-electron chi connectivity index (χ4n) is 3.06. The highest BCUT2D eigenvalue weighted by atomic mass is 16.9. The van der Waals surface area contributed by atoms with Crippen molar-refractivity contribution in [2.45, 2.75) is 89.8 Å². The van der Waals surface area contributed by atoms with E-state index in [1.165, 1.54) is 25.7 Å². The van der Waals surface area contributed by atoms with Crippen LogP contribution in [0.25, 0.3) is 0 Å². The zero-order valence-electron chi connectivity index (χ0n) is 13.4. The molecule has 2 saturated carbocycles. The van der Waals surface area contributed by atoms with E-state index in [0.717, 1.165) is 25.7 Å². The molecule has 2 fully saturated rings. The summed E-state index contributed by atoms with van der Waals surface area (Å²) in [6, 6.07) is 0. The molecule has 4 heteroatoms. The molecular weight excluding hydrogens is 268 g/mol. The molecule has 0 aliphatic heterocycles. The molecule has 0 radical (unpaired) electrons. The molecule has 21 heavy (non-hydrogen) atoms. The molecule has 2 aliphatic rings. The van der Waals surface area contributed by atoms with Crippen molar-refractivity contribution >= 4 is 5.97 Å². The van der Waals surface area contributed by atoms with Crippen LogP contribution in [-0.4, -0.2) is 24.2 Å².